The lowest BCUT2D eigenvalue weighted by Gasteiger charge is -2.41. The summed E-state index contributed by atoms with van der Waals surface area (Å²) < 4.78 is 29.8. The summed E-state index contributed by atoms with van der Waals surface area (Å²) in [7, 11) is -1.91. The molecule has 1 aliphatic rings. The van der Waals surface area contributed by atoms with Crippen LogP contribution in [0, 0.1) is 0 Å². The van der Waals surface area contributed by atoms with Crippen molar-refractivity contribution in [1.82, 2.24) is 9.21 Å². The summed E-state index contributed by atoms with van der Waals surface area (Å²) in [4.78, 5) is 2.12. The maximum absolute atomic E-state index is 14.1. The van der Waals surface area contributed by atoms with Gasteiger partial charge in [-0.05, 0) is 23.7 Å². The summed E-state index contributed by atoms with van der Waals surface area (Å²) in [6.07, 6.45) is 0. The first-order chi connectivity index (χ1) is 14.9. The van der Waals surface area contributed by atoms with Crippen LogP contribution < -0.4 is 0 Å². The Hall–Kier alpha value is -2.51. The van der Waals surface area contributed by atoms with Crippen LogP contribution in [0.15, 0.2) is 91.0 Å². The normalized spacial score (nSPS) is 17.4. The predicted octanol–water partition coefficient (Wildman–Crippen LogP) is 3.24. The Labute approximate surface area is 184 Å². The zero-order chi connectivity index (χ0) is 21.9. The van der Waals surface area contributed by atoms with Gasteiger partial charge in [0.1, 0.15) is 10.9 Å². The molecule has 0 radical (unpaired) electrons. The highest BCUT2D eigenvalue weighted by Crippen LogP contribution is 2.46. The van der Waals surface area contributed by atoms with E-state index in [0.717, 1.165) is 0 Å². The molecule has 6 heteroatoms. The zero-order valence-corrected chi connectivity index (χ0v) is 18.4. The highest BCUT2D eigenvalue weighted by molar-refractivity contribution is 7.89. The second-order valence-electron chi connectivity index (χ2n) is 8.04. The minimum Gasteiger partial charge on any atom is -0.379 e. The molecule has 1 fully saturated rings. The van der Waals surface area contributed by atoms with E-state index in [0.29, 0.717) is 42.9 Å². The fourth-order valence-electron chi connectivity index (χ4n) is 4.30. The molecule has 3 aromatic carbocycles. The Morgan fingerprint density at radius 2 is 1.16 bits per heavy atom. The standard InChI is InChI=1S/C25H28N2O3S/c1-26-17-19-27(20-18-26)31(29,30)24(21-11-5-2-6-12-21)25(28,22-13-7-3-8-14-22)23-15-9-4-10-16-23/h2-16,24,28H,17-20H2,1H3. The minimum absolute atomic E-state index is 0.405. The van der Waals surface area contributed by atoms with E-state index in [1.165, 1.54) is 4.31 Å². The highest BCUT2D eigenvalue weighted by Gasteiger charge is 2.50. The van der Waals surface area contributed by atoms with Crippen molar-refractivity contribution < 1.29 is 13.5 Å². The Morgan fingerprint density at radius 1 is 0.742 bits per heavy atom. The fraction of sp³-hybridized carbons (Fsp3) is 0.280. The van der Waals surface area contributed by atoms with Crippen molar-refractivity contribution in [1.29, 1.82) is 0 Å². The molecule has 3 aromatic rings. The van der Waals surface area contributed by atoms with Gasteiger partial charge >= 0.3 is 0 Å². The molecule has 5 nitrogen and oxygen atoms in total. The topological polar surface area (TPSA) is 60.9 Å². The average Bonchev–Trinajstić information content (AvgIpc) is 2.81. The molecule has 0 aromatic heterocycles. The van der Waals surface area contributed by atoms with Gasteiger partial charge in [-0.25, -0.2) is 8.42 Å². The van der Waals surface area contributed by atoms with Crippen molar-refractivity contribution in [3.63, 3.8) is 0 Å². The Bertz CT molecular complexity index is 1040. The van der Waals surface area contributed by atoms with Crippen LogP contribution >= 0.6 is 0 Å². The molecular weight excluding hydrogens is 408 g/mol. The fourth-order valence-corrected chi connectivity index (χ4v) is 6.48. The Kier molecular flexibility index (Phi) is 6.25. The summed E-state index contributed by atoms with van der Waals surface area (Å²) in [5.41, 5.74) is -0.0939. The number of likely N-dealkylation sites (N-methyl/N-ethyl adjacent to an activating group) is 1. The second kappa shape index (κ2) is 8.93. The predicted molar refractivity (Wildman–Crippen MR) is 123 cm³/mol. The number of hydrogen-bond acceptors (Lipinski definition) is 4. The van der Waals surface area contributed by atoms with Gasteiger partial charge in [-0.15, -0.1) is 0 Å². The summed E-state index contributed by atoms with van der Waals surface area (Å²) in [6.45, 7) is 2.13. The molecule has 1 N–H and O–H groups in total. The van der Waals surface area contributed by atoms with Gasteiger partial charge in [0.05, 0.1) is 0 Å². The molecule has 0 aliphatic carbocycles. The second-order valence-corrected chi connectivity index (χ2v) is 10.1. The SMILES string of the molecule is CN1CCN(S(=O)(=O)C(c2ccccc2)C(O)(c2ccccc2)c2ccccc2)CC1. The van der Waals surface area contributed by atoms with Gasteiger partial charge in [0, 0.05) is 26.2 Å². The van der Waals surface area contributed by atoms with Gasteiger partial charge in [0.2, 0.25) is 10.0 Å². The number of sulfonamides is 1. The molecule has 1 unspecified atom stereocenters. The lowest BCUT2D eigenvalue weighted by atomic mass is 9.81. The summed E-state index contributed by atoms with van der Waals surface area (Å²) in [5.74, 6) is 0. The molecule has 31 heavy (non-hydrogen) atoms. The van der Waals surface area contributed by atoms with Crippen LogP contribution in [-0.4, -0.2) is 56.0 Å². The third-order valence-corrected chi connectivity index (χ3v) is 8.32. The van der Waals surface area contributed by atoms with E-state index >= 15 is 0 Å². The van der Waals surface area contributed by atoms with Crippen LogP contribution in [0.5, 0.6) is 0 Å². The van der Waals surface area contributed by atoms with Crippen molar-refractivity contribution >= 4 is 10.0 Å². The quantitative estimate of drug-likeness (QED) is 0.645. The molecule has 1 heterocycles. The average molecular weight is 437 g/mol. The van der Waals surface area contributed by atoms with Gasteiger partial charge in [0.25, 0.3) is 0 Å². The van der Waals surface area contributed by atoms with Crippen molar-refractivity contribution in [2.75, 3.05) is 33.2 Å². The minimum atomic E-state index is -3.90. The van der Waals surface area contributed by atoms with E-state index in [2.05, 4.69) is 4.90 Å². The van der Waals surface area contributed by atoms with Crippen molar-refractivity contribution in [2.24, 2.45) is 0 Å². The molecule has 4 rings (SSSR count). The first-order valence-corrected chi connectivity index (χ1v) is 12.0. The molecular formula is C25H28N2O3S. The van der Waals surface area contributed by atoms with Crippen LogP contribution in [0.25, 0.3) is 0 Å². The van der Waals surface area contributed by atoms with Crippen molar-refractivity contribution in [2.45, 2.75) is 10.9 Å². The maximum atomic E-state index is 14.1. The van der Waals surface area contributed by atoms with Crippen LogP contribution in [-0.2, 0) is 15.6 Å². The van der Waals surface area contributed by atoms with Crippen molar-refractivity contribution in [3.8, 4) is 0 Å². The van der Waals surface area contributed by atoms with Crippen molar-refractivity contribution in [3.05, 3.63) is 108 Å². The number of rotatable bonds is 6. The smallest absolute Gasteiger partial charge is 0.224 e. The van der Waals surface area contributed by atoms with E-state index in [-0.39, 0.29) is 0 Å². The maximum Gasteiger partial charge on any atom is 0.224 e. The van der Waals surface area contributed by atoms with Gasteiger partial charge in [-0.3, -0.25) is 0 Å². The van der Waals surface area contributed by atoms with Gasteiger partial charge in [-0.2, -0.15) is 4.31 Å². The Morgan fingerprint density at radius 3 is 1.61 bits per heavy atom. The lowest BCUT2D eigenvalue weighted by Crippen LogP contribution is -2.51. The molecule has 1 saturated heterocycles. The summed E-state index contributed by atoms with van der Waals surface area (Å²) >= 11 is 0. The highest BCUT2D eigenvalue weighted by atomic mass is 32.2. The number of piperazine rings is 1. The van der Waals surface area contributed by atoms with Gasteiger partial charge in [-0.1, -0.05) is 91.0 Å². The van der Waals surface area contributed by atoms with Crippen LogP contribution in [0.3, 0.4) is 0 Å². The number of aliphatic hydroxyl groups is 1. The zero-order valence-electron chi connectivity index (χ0n) is 17.6. The Balaban J connectivity index is 1.94. The molecule has 162 valence electrons. The molecule has 0 bridgehead atoms. The van der Waals surface area contributed by atoms with E-state index in [1.807, 2.05) is 61.6 Å². The first kappa shape index (κ1) is 21.7. The lowest BCUT2D eigenvalue weighted by molar-refractivity contribution is 0.0716. The summed E-state index contributed by atoms with van der Waals surface area (Å²) in [5, 5.41) is 11.2. The van der Waals surface area contributed by atoms with E-state index in [4.69, 9.17) is 0 Å². The molecule has 0 amide bonds. The number of nitrogens with zero attached hydrogens (tertiary/aromatic N) is 2. The largest absolute Gasteiger partial charge is 0.379 e. The number of benzene rings is 3. The van der Waals surface area contributed by atoms with Crippen LogP contribution in [0.2, 0.25) is 0 Å². The van der Waals surface area contributed by atoms with Crippen LogP contribution in [0.4, 0.5) is 0 Å². The van der Waals surface area contributed by atoms with Gasteiger partial charge < -0.3 is 10.0 Å². The number of hydrogen-bond donors (Lipinski definition) is 1. The van der Waals surface area contributed by atoms with E-state index in [9.17, 15) is 13.5 Å². The third kappa shape index (κ3) is 4.16. The molecule has 0 saturated carbocycles. The van der Waals surface area contributed by atoms with E-state index < -0.39 is 20.9 Å². The third-order valence-electron chi connectivity index (χ3n) is 6.03. The molecule has 1 atom stereocenters. The monoisotopic (exact) mass is 436 g/mol. The summed E-state index contributed by atoms with van der Waals surface area (Å²) in [6, 6.07) is 27.3. The van der Waals surface area contributed by atoms with Crippen LogP contribution in [0.1, 0.15) is 21.9 Å². The van der Waals surface area contributed by atoms with Gasteiger partial charge in [0.15, 0.2) is 0 Å². The first-order valence-electron chi connectivity index (χ1n) is 10.5. The molecule has 1 aliphatic heterocycles. The van der Waals surface area contributed by atoms with E-state index in [1.54, 1.807) is 36.4 Å². The molecule has 0 spiro atoms.